The summed E-state index contributed by atoms with van der Waals surface area (Å²) in [6.07, 6.45) is 0.378. The Bertz CT molecular complexity index is 1430. The second-order valence-electron chi connectivity index (χ2n) is 12.1. The summed E-state index contributed by atoms with van der Waals surface area (Å²) < 4.78 is 43.0. The lowest BCUT2D eigenvalue weighted by Crippen LogP contribution is -2.33. The molecule has 2 unspecified atom stereocenters. The van der Waals surface area contributed by atoms with E-state index in [1.165, 1.54) is 14.2 Å². The van der Waals surface area contributed by atoms with Crippen LogP contribution in [0.4, 0.5) is 10.1 Å². The van der Waals surface area contributed by atoms with Gasteiger partial charge in [0.05, 0.1) is 51.8 Å². The number of ketones is 1. The maximum Gasteiger partial charge on any atom is 0.335 e. The average molecular weight is 695 g/mol. The van der Waals surface area contributed by atoms with Gasteiger partial charge in [0.15, 0.2) is 29.2 Å². The molecule has 1 saturated heterocycles. The molecule has 12 heteroatoms. The van der Waals surface area contributed by atoms with Crippen LogP contribution in [0.15, 0.2) is 18.2 Å². The van der Waals surface area contributed by atoms with E-state index in [1.54, 1.807) is 25.0 Å². The van der Waals surface area contributed by atoms with Gasteiger partial charge in [-0.05, 0) is 48.9 Å². The standard InChI is InChI=1S/C33H44FN3O7.BrH/c1-9-25(32(39)43-10-2)44-21-11-12-36(17-21)23-14-19(13-22(29(23)41-7)33(3,4)5)24(38)18-37-16-20-15-26(40-6)30(42-8)28(34)27(20)31(37)35;/h13-15,21,25,35H,9-12,16-18H2,1-8H3;1H. The number of nitrogens with zero attached hydrogens (tertiary/aromatic N) is 2. The minimum Gasteiger partial charge on any atom is -0.494 e. The molecule has 2 aromatic rings. The fraction of sp³-hybridized carbons (Fsp3) is 0.545. The Labute approximate surface area is 275 Å². The van der Waals surface area contributed by atoms with E-state index in [0.717, 1.165) is 11.3 Å². The molecule has 0 aliphatic carbocycles. The number of carbonyl (C=O) groups excluding carboxylic acids is 2. The van der Waals surface area contributed by atoms with Crippen molar-refractivity contribution in [3.05, 3.63) is 46.3 Å². The molecule has 0 amide bonds. The minimum atomic E-state index is -0.678. The summed E-state index contributed by atoms with van der Waals surface area (Å²) in [6, 6.07) is 5.32. The molecular formula is C33H45BrFN3O7. The Morgan fingerprint density at radius 2 is 1.76 bits per heavy atom. The SMILES string of the molecule is Br.CCOC(=O)C(CC)OC1CCN(c2cc(C(=O)CN3Cc4cc(OC)c(OC)c(F)c4C3=N)cc(C(C)(C)C)c2OC)C1. The molecule has 10 nitrogen and oxygen atoms in total. The third-order valence-electron chi connectivity index (χ3n) is 8.11. The molecule has 2 aliphatic heterocycles. The average Bonchev–Trinajstić information content (AvgIpc) is 3.58. The Morgan fingerprint density at radius 1 is 1.07 bits per heavy atom. The van der Waals surface area contributed by atoms with Crippen LogP contribution in [-0.2, 0) is 26.2 Å². The normalized spacial score (nSPS) is 16.6. The number of halogens is 2. The summed E-state index contributed by atoms with van der Waals surface area (Å²) in [5, 5.41) is 8.68. The van der Waals surface area contributed by atoms with Crippen LogP contribution in [0.25, 0.3) is 0 Å². The molecule has 248 valence electrons. The van der Waals surface area contributed by atoms with Gasteiger partial charge in [-0.1, -0.05) is 27.7 Å². The van der Waals surface area contributed by atoms with Crippen LogP contribution in [0, 0.1) is 11.2 Å². The largest absolute Gasteiger partial charge is 0.494 e. The lowest BCUT2D eigenvalue weighted by molar-refractivity contribution is -0.160. The molecule has 2 heterocycles. The van der Waals surface area contributed by atoms with Crippen LogP contribution in [-0.4, -0.2) is 82.3 Å². The van der Waals surface area contributed by atoms with Gasteiger partial charge in [0.2, 0.25) is 0 Å². The Kier molecular flexibility index (Phi) is 11.9. The predicted octanol–water partition coefficient (Wildman–Crippen LogP) is 5.69. The van der Waals surface area contributed by atoms with Crippen molar-refractivity contribution in [2.24, 2.45) is 0 Å². The number of amidine groups is 1. The van der Waals surface area contributed by atoms with Crippen molar-refractivity contribution in [3.63, 3.8) is 0 Å². The summed E-state index contributed by atoms with van der Waals surface area (Å²) in [6.45, 7) is 11.4. The number of fused-ring (bicyclic) bond motifs is 1. The number of rotatable bonds is 12. The van der Waals surface area contributed by atoms with Crippen LogP contribution in [0.5, 0.6) is 17.2 Å². The molecule has 1 fully saturated rings. The molecule has 1 N–H and O–H groups in total. The van der Waals surface area contributed by atoms with Crippen molar-refractivity contribution in [3.8, 4) is 17.2 Å². The lowest BCUT2D eigenvalue weighted by atomic mass is 9.84. The van der Waals surface area contributed by atoms with E-state index in [0.29, 0.717) is 49.4 Å². The van der Waals surface area contributed by atoms with Gasteiger partial charge >= 0.3 is 5.97 Å². The fourth-order valence-electron chi connectivity index (χ4n) is 5.85. The number of hydrogen-bond acceptors (Lipinski definition) is 9. The van der Waals surface area contributed by atoms with Crippen LogP contribution in [0.2, 0.25) is 0 Å². The summed E-state index contributed by atoms with van der Waals surface area (Å²) in [4.78, 5) is 29.9. The van der Waals surface area contributed by atoms with E-state index in [9.17, 15) is 9.59 Å². The van der Waals surface area contributed by atoms with Crippen molar-refractivity contribution >= 4 is 40.3 Å². The first kappa shape index (κ1) is 36.1. The zero-order chi connectivity index (χ0) is 32.3. The van der Waals surface area contributed by atoms with Gasteiger partial charge in [-0.25, -0.2) is 9.18 Å². The third kappa shape index (κ3) is 7.38. The lowest BCUT2D eigenvalue weighted by Gasteiger charge is -2.29. The highest BCUT2D eigenvalue weighted by Gasteiger charge is 2.35. The molecule has 2 aliphatic rings. The maximum atomic E-state index is 15.3. The van der Waals surface area contributed by atoms with E-state index in [-0.39, 0.29) is 76.2 Å². The number of ether oxygens (including phenoxy) is 5. The highest BCUT2D eigenvalue weighted by atomic mass is 79.9. The van der Waals surface area contributed by atoms with Gasteiger partial charge < -0.3 is 33.5 Å². The fourth-order valence-corrected chi connectivity index (χ4v) is 5.85. The first-order valence-electron chi connectivity index (χ1n) is 15.0. The van der Waals surface area contributed by atoms with Gasteiger partial charge in [-0.3, -0.25) is 10.2 Å². The molecule has 2 atom stereocenters. The predicted molar refractivity (Wildman–Crippen MR) is 176 cm³/mol. The van der Waals surface area contributed by atoms with Gasteiger partial charge in [-0.15, -0.1) is 17.0 Å². The van der Waals surface area contributed by atoms with E-state index >= 15 is 4.39 Å². The number of esters is 1. The smallest absolute Gasteiger partial charge is 0.335 e. The van der Waals surface area contributed by atoms with Crippen LogP contribution < -0.4 is 19.1 Å². The Hall–Kier alpha value is -3.38. The van der Waals surface area contributed by atoms with Gasteiger partial charge in [-0.2, -0.15) is 0 Å². The molecule has 4 rings (SSSR count). The van der Waals surface area contributed by atoms with E-state index in [2.05, 4.69) is 25.7 Å². The van der Waals surface area contributed by atoms with Gasteiger partial charge in [0.1, 0.15) is 11.6 Å². The van der Waals surface area contributed by atoms with Crippen LogP contribution in [0.1, 0.15) is 74.5 Å². The molecule has 0 bridgehead atoms. The highest BCUT2D eigenvalue weighted by molar-refractivity contribution is 8.93. The van der Waals surface area contributed by atoms with Crippen LogP contribution in [0.3, 0.4) is 0 Å². The number of Topliss-reactive ketones (excluding diaryl/α,β-unsaturated/α-hetero) is 1. The second-order valence-corrected chi connectivity index (χ2v) is 12.1. The van der Waals surface area contributed by atoms with Gasteiger partial charge in [0, 0.05) is 30.8 Å². The van der Waals surface area contributed by atoms with Gasteiger partial charge in [0.25, 0.3) is 0 Å². The highest BCUT2D eigenvalue weighted by Crippen LogP contribution is 2.42. The number of carbonyl (C=O) groups is 2. The summed E-state index contributed by atoms with van der Waals surface area (Å²) in [5.74, 6) is -0.490. The molecule has 2 aromatic carbocycles. The summed E-state index contributed by atoms with van der Waals surface area (Å²) >= 11 is 0. The third-order valence-corrected chi connectivity index (χ3v) is 8.11. The first-order chi connectivity index (χ1) is 20.9. The molecule has 0 aromatic heterocycles. The van der Waals surface area contributed by atoms with E-state index in [4.69, 9.17) is 29.1 Å². The topological polar surface area (TPSA) is 111 Å². The number of hydrogen-bond donors (Lipinski definition) is 1. The van der Waals surface area contributed by atoms with E-state index in [1.807, 2.05) is 19.1 Å². The molecule has 0 saturated carbocycles. The zero-order valence-electron chi connectivity index (χ0n) is 27.4. The van der Waals surface area contributed by atoms with E-state index < -0.39 is 11.9 Å². The molecule has 0 spiro atoms. The Morgan fingerprint density at radius 3 is 2.33 bits per heavy atom. The number of anilines is 1. The van der Waals surface area contributed by atoms with Crippen molar-refractivity contribution in [2.75, 3.05) is 52.5 Å². The first-order valence-corrected chi connectivity index (χ1v) is 15.0. The Balaban J connectivity index is 0.00000552. The van der Waals surface area contributed by atoms with Crippen molar-refractivity contribution in [2.45, 2.75) is 71.6 Å². The monoisotopic (exact) mass is 693 g/mol. The summed E-state index contributed by atoms with van der Waals surface area (Å²) in [5.41, 5.74) is 2.41. The minimum absolute atomic E-state index is 0. The summed E-state index contributed by atoms with van der Waals surface area (Å²) in [7, 11) is 4.39. The molecule has 45 heavy (non-hydrogen) atoms. The maximum absolute atomic E-state index is 15.3. The molecule has 0 radical (unpaired) electrons. The molecular weight excluding hydrogens is 649 g/mol. The van der Waals surface area contributed by atoms with Crippen molar-refractivity contribution < 1.29 is 37.7 Å². The van der Waals surface area contributed by atoms with Crippen LogP contribution >= 0.6 is 17.0 Å². The van der Waals surface area contributed by atoms with Crippen molar-refractivity contribution in [1.82, 2.24) is 4.90 Å². The van der Waals surface area contributed by atoms with Crippen molar-refractivity contribution in [1.29, 1.82) is 5.41 Å². The zero-order valence-corrected chi connectivity index (χ0v) is 29.1. The number of nitrogens with one attached hydrogen (secondary N) is 1. The second kappa shape index (κ2) is 14.8. The number of methoxy groups -OCH3 is 3. The number of benzene rings is 2. The quantitative estimate of drug-likeness (QED) is 0.222.